The van der Waals surface area contributed by atoms with E-state index in [0.29, 0.717) is 14.4 Å². The number of hydrogen-bond donors (Lipinski definition) is 0. The minimum atomic E-state index is -0.496. The highest BCUT2D eigenvalue weighted by molar-refractivity contribution is 6.09. The van der Waals surface area contributed by atoms with Crippen molar-refractivity contribution in [1.82, 2.24) is 0 Å². The Kier molecular flexibility index (Phi) is 90.0. The Hall–Kier alpha value is -7.52. The van der Waals surface area contributed by atoms with Crippen LogP contribution in [0.1, 0.15) is 335 Å². The van der Waals surface area contributed by atoms with Gasteiger partial charge in [0.2, 0.25) is 34.7 Å². The van der Waals surface area contributed by atoms with E-state index >= 15 is 0 Å². The third-order valence-electron chi connectivity index (χ3n) is 21.2. The van der Waals surface area contributed by atoms with E-state index in [0.717, 1.165) is 80.5 Å². The Morgan fingerprint density at radius 1 is 0.212 bits per heavy atom. The molecule has 0 amide bonds. The van der Waals surface area contributed by atoms with Crippen LogP contribution in [0.25, 0.3) is 0 Å². The molecule has 0 saturated heterocycles. The van der Waals surface area contributed by atoms with Gasteiger partial charge in [-0.1, -0.05) is 307 Å². The Balaban J connectivity index is -0.000000360. The summed E-state index contributed by atoms with van der Waals surface area (Å²) in [6.07, 6.45) is 29.9. The molecule has 0 radical (unpaired) electrons. The van der Waals surface area contributed by atoms with Gasteiger partial charge in [0.15, 0.2) is 69.0 Å². The van der Waals surface area contributed by atoms with Gasteiger partial charge in [-0.2, -0.15) is 0 Å². The molecule has 0 unspecified atom stereocenters. The maximum Gasteiger partial charge on any atom is 0.246 e. The van der Waals surface area contributed by atoms with Gasteiger partial charge in [0.25, 0.3) is 0 Å². The lowest BCUT2D eigenvalue weighted by Crippen LogP contribution is -2.34. The van der Waals surface area contributed by atoms with Crippen LogP contribution in [0.2, 0.25) is 50.9 Å². The third kappa shape index (κ3) is 68.3. The second kappa shape index (κ2) is 88.1. The van der Waals surface area contributed by atoms with Crippen LogP contribution in [0.4, 0.5) is 8.78 Å². The molecule has 8 aromatic carbocycles. The fourth-order valence-corrected chi connectivity index (χ4v) is 14.0. The molecule has 840 valence electrons. The predicted octanol–water partition coefficient (Wildman–Crippen LogP) is 28.3. The average molecular weight is 2180 g/mol. The van der Waals surface area contributed by atoms with Crippen molar-refractivity contribution >= 4 is 81.9 Å². The fraction of sp³-hybridized carbons (Fsp3) is 0.600. The lowest BCUT2D eigenvalue weighted by atomic mass is 9.86. The van der Waals surface area contributed by atoms with E-state index in [2.05, 4.69) is 109 Å². The number of para-hydroxylation sites is 14. The van der Waals surface area contributed by atoms with Crippen molar-refractivity contribution in [3.8, 4) is 80.5 Å². The van der Waals surface area contributed by atoms with E-state index in [1.807, 2.05) is 331 Å². The molecule has 0 N–H and O–H groups in total. The lowest BCUT2D eigenvalue weighted by molar-refractivity contribution is -0.0437. The van der Waals surface area contributed by atoms with Crippen molar-refractivity contribution in [3.05, 3.63) is 206 Å². The zero-order chi connectivity index (χ0) is 113. The largest absolute Gasteiger partial charge is 0.488 e. The topological polar surface area (TPSA) is 148 Å². The van der Waals surface area contributed by atoms with Crippen LogP contribution in [0, 0.1) is 0 Å². The van der Waals surface area contributed by atoms with Crippen molar-refractivity contribution < 1.29 is 84.6 Å². The molecular formula is C120H218F2O16Si8. The average Bonchev–Trinajstić information content (AvgIpc) is 1.69. The van der Waals surface area contributed by atoms with Crippen molar-refractivity contribution in [1.29, 1.82) is 0 Å². The Morgan fingerprint density at radius 2 is 0.322 bits per heavy atom. The highest BCUT2D eigenvalue weighted by Gasteiger charge is 2.37. The summed E-state index contributed by atoms with van der Waals surface area (Å²) in [5.41, 5.74) is 0.638. The van der Waals surface area contributed by atoms with Crippen LogP contribution in [-0.4, -0.2) is 168 Å². The van der Waals surface area contributed by atoms with Gasteiger partial charge >= 0.3 is 0 Å². The summed E-state index contributed by atoms with van der Waals surface area (Å²) >= 11 is 0. The Labute approximate surface area is 918 Å². The first kappa shape index (κ1) is 149. The Bertz CT molecular complexity index is 3640. The third-order valence-corrected chi connectivity index (χ3v) is 24.2. The van der Waals surface area contributed by atoms with Gasteiger partial charge in [0.05, 0.1) is 25.6 Å². The molecular weight excluding hydrogens is 1960 g/mol. The highest BCUT2D eigenvalue weighted by Crippen LogP contribution is 2.45. The molecule has 0 spiro atoms. The summed E-state index contributed by atoms with van der Waals surface area (Å²) in [5.74, 6) is 9.01. The van der Waals surface area contributed by atoms with Gasteiger partial charge in [0, 0.05) is 128 Å². The van der Waals surface area contributed by atoms with Gasteiger partial charge < -0.3 is 75.8 Å². The van der Waals surface area contributed by atoms with E-state index in [4.69, 9.17) is 75.8 Å². The second-order valence-electron chi connectivity index (χ2n) is 37.3. The molecule has 0 bridgehead atoms. The molecule has 6 aliphatic heterocycles. The van der Waals surface area contributed by atoms with Crippen molar-refractivity contribution in [3.63, 3.8) is 0 Å². The molecule has 0 aromatic heterocycles. The molecule has 4 aliphatic carbocycles. The Morgan fingerprint density at radius 3 is 0.432 bits per heavy atom. The standard InChI is InChI=1S/C13H18O.C12H16O.6C9H10O2.C8H16O.C7H14O.3C3H10Si.2C3H8.2C2H6.2CH3F.5CH6Si/c1-13(10-6-3-7-11-13)14-12-8-4-2-5-9-12;1-12(9-5-6-10-12)13-11-7-3-2-4-8-11;6*1-9(2)10-7-5-3-4-6-8(7)11-9;1-8(9-2)6-4-3-5-7-8;1-7(8-2)5-3-4-6-7;3*1-2-3-4;2*1-3-2;9*1-2/h2,4-5,8-9H,3,6-7,10-11H2,1H3;2-4,7-8H,5-6,9-10H2,1H3;6*3-6H,1-2H3;3-7H2,1-2H3;3-6H2,1-2H3;3*2-3H2,1,4H3;2*3H2,1-2H3;2*1-2H3;2*1H3;5*1-2H3. The smallest absolute Gasteiger partial charge is 0.246 e. The summed E-state index contributed by atoms with van der Waals surface area (Å²) in [4.78, 5) is 0. The van der Waals surface area contributed by atoms with Crippen LogP contribution in [-0.2, 0) is 9.47 Å². The SMILES string of the molecule is CC.CC.CC1(C)Oc2ccccc2O1.CC1(C)Oc2ccccc2O1.CC1(C)Oc2ccccc2O1.CC1(C)Oc2ccccc2O1.CC1(C)Oc2ccccc2O1.CC1(C)Oc2ccccc2O1.CC1(Oc2ccccc2)CCCC1.CC1(Oc2ccccc2)CCCCC1.CCC.CCC.CCC[SiH3].CCC[SiH3].CCC[SiH3].CF.CF.COC1(C)CCCC1.COC1(C)CCCCC1.C[SiH3].C[SiH3].C[SiH3].C[SiH3].C[SiH3]. The maximum absolute atomic E-state index is 9.50. The van der Waals surface area contributed by atoms with Crippen LogP contribution in [0.3, 0.4) is 0 Å². The predicted molar refractivity (Wildman–Crippen MR) is 658 cm³/mol. The molecule has 4 saturated carbocycles. The molecule has 146 heavy (non-hydrogen) atoms. The first-order valence-electron chi connectivity index (χ1n) is 55.9. The number of benzene rings is 8. The minimum absolute atomic E-state index is 0.0829. The van der Waals surface area contributed by atoms with E-state index in [-0.39, 0.29) is 22.4 Å². The van der Waals surface area contributed by atoms with Gasteiger partial charge in [-0.3, -0.25) is 8.78 Å². The van der Waals surface area contributed by atoms with Gasteiger partial charge in [-0.15, -0.1) is 0 Å². The van der Waals surface area contributed by atoms with Gasteiger partial charge in [-0.05, 0) is 253 Å². The zero-order valence-corrected chi connectivity index (χ0v) is 117. The highest BCUT2D eigenvalue weighted by atomic mass is 28.2. The van der Waals surface area contributed by atoms with Gasteiger partial charge in [-0.25, -0.2) is 0 Å². The monoisotopic (exact) mass is 2180 g/mol. The van der Waals surface area contributed by atoms with Crippen LogP contribution < -0.4 is 66.3 Å². The summed E-state index contributed by atoms with van der Waals surface area (Å²) < 4.78 is 107. The molecule has 18 rings (SSSR count). The van der Waals surface area contributed by atoms with Crippen LogP contribution >= 0.6 is 0 Å². The van der Waals surface area contributed by atoms with Crippen molar-refractivity contribution in [2.75, 3.05) is 28.6 Å². The number of ether oxygens (including phenoxy) is 16. The van der Waals surface area contributed by atoms with E-state index in [1.54, 1.807) is 0 Å². The maximum atomic E-state index is 9.50. The summed E-state index contributed by atoms with van der Waals surface area (Å²) in [7, 11) is 15.3. The molecule has 0 atom stereocenters. The quantitative estimate of drug-likeness (QED) is 0.126. The number of halogens is 2. The number of fused-ring (bicyclic) bond motifs is 6. The molecule has 16 nitrogen and oxygen atoms in total. The number of methoxy groups -OCH3 is 2. The van der Waals surface area contributed by atoms with Gasteiger partial charge in [0.1, 0.15) is 22.7 Å². The number of hydrogen-bond acceptors (Lipinski definition) is 16. The lowest BCUT2D eigenvalue weighted by Gasteiger charge is -2.34. The summed E-state index contributed by atoms with van der Waals surface area (Å²) in [6, 6.07) is 70.8. The first-order chi connectivity index (χ1) is 69.7. The molecule has 4 fully saturated rings. The van der Waals surface area contributed by atoms with Crippen LogP contribution in [0.5, 0.6) is 80.5 Å². The number of rotatable bonds is 9. The van der Waals surface area contributed by atoms with E-state index in [1.165, 1.54) is 248 Å². The fourth-order valence-electron chi connectivity index (χ4n) is 14.0. The normalized spacial score (nSPS) is 16.5. The van der Waals surface area contributed by atoms with Crippen molar-refractivity contribution in [2.45, 2.75) is 443 Å². The summed E-state index contributed by atoms with van der Waals surface area (Å²) in [6.45, 7) is 65.4. The summed E-state index contributed by atoms with van der Waals surface area (Å²) in [5, 5.41) is 0. The van der Waals surface area contributed by atoms with E-state index < -0.39 is 34.7 Å². The minimum Gasteiger partial charge on any atom is -0.488 e. The molecule has 8 aromatic rings. The molecule has 10 aliphatic rings. The first-order valence-corrected chi connectivity index (χ1v) is 70.1. The zero-order valence-electron chi connectivity index (χ0n) is 101. The second-order valence-corrected chi connectivity index (χ2v) is 40.3. The van der Waals surface area contributed by atoms with Crippen LogP contribution in [0.15, 0.2) is 206 Å². The van der Waals surface area contributed by atoms with E-state index in [9.17, 15) is 8.78 Å². The number of alkyl halides is 2. The molecule has 6 heterocycles. The molecule has 26 heteroatoms. The van der Waals surface area contributed by atoms with Crippen molar-refractivity contribution in [2.24, 2.45) is 0 Å².